The van der Waals surface area contributed by atoms with Crippen LogP contribution < -0.4 is 21.3 Å². The molecule has 0 atom stereocenters. The number of hydrogen-bond donors (Lipinski definition) is 2. The highest BCUT2D eigenvalue weighted by Gasteiger charge is 2.35. The molecule has 44 heavy (non-hydrogen) atoms. The van der Waals surface area contributed by atoms with E-state index in [1.54, 1.807) is 6.92 Å². The van der Waals surface area contributed by atoms with E-state index in [1.807, 2.05) is 0 Å². The maximum absolute atomic E-state index is 14.0. The van der Waals surface area contributed by atoms with Crippen LogP contribution in [0.4, 0.5) is 4.39 Å². The number of aliphatic hydroxyl groups excluding tert-OH is 1. The zero-order valence-electron chi connectivity index (χ0n) is 25.2. The Balaban J connectivity index is 0.000000555. The largest absolute Gasteiger partial charge is 0.496 e. The van der Waals surface area contributed by atoms with Crippen molar-refractivity contribution >= 4 is 27.5 Å². The third-order valence-corrected chi connectivity index (χ3v) is 8.63. The van der Waals surface area contributed by atoms with Gasteiger partial charge in [0.05, 0.1) is 31.0 Å². The van der Waals surface area contributed by atoms with E-state index in [2.05, 4.69) is 22.1 Å². The molecule has 0 spiro atoms. The lowest BCUT2D eigenvalue weighted by Gasteiger charge is -2.26. The first-order chi connectivity index (χ1) is 21.0. The number of aryl methyl sites for hydroxylation is 3. The van der Waals surface area contributed by atoms with Crippen LogP contribution in [0.3, 0.4) is 0 Å². The first-order valence-electron chi connectivity index (χ1n) is 14.1. The number of rotatable bonds is 9. The minimum Gasteiger partial charge on any atom is -0.496 e. The summed E-state index contributed by atoms with van der Waals surface area (Å²) in [6.45, 7) is 10.1. The summed E-state index contributed by atoms with van der Waals surface area (Å²) in [4.78, 5) is 42.5. The second-order valence-electron chi connectivity index (χ2n) is 10.7. The summed E-state index contributed by atoms with van der Waals surface area (Å²) in [6.07, 6.45) is 6.33. The van der Waals surface area contributed by atoms with Crippen molar-refractivity contribution in [1.29, 1.82) is 0 Å². The van der Waals surface area contributed by atoms with Crippen molar-refractivity contribution in [3.8, 4) is 10.8 Å². The van der Waals surface area contributed by atoms with E-state index in [9.17, 15) is 18.8 Å². The molecule has 4 heterocycles. The highest BCUT2D eigenvalue weighted by Crippen LogP contribution is 2.31. The Morgan fingerprint density at radius 2 is 1.95 bits per heavy atom. The van der Waals surface area contributed by atoms with Gasteiger partial charge in [0, 0.05) is 31.9 Å². The Morgan fingerprint density at radius 1 is 1.27 bits per heavy atom. The molecule has 1 fully saturated rings. The third-order valence-electron chi connectivity index (χ3n) is 7.35. The molecular formula is C30H37FN6O6S. The zero-order chi connectivity index (χ0) is 32.0. The van der Waals surface area contributed by atoms with E-state index in [4.69, 9.17) is 14.6 Å². The van der Waals surface area contributed by atoms with Crippen molar-refractivity contribution in [3.05, 3.63) is 81.0 Å². The predicted octanol–water partition coefficient (Wildman–Crippen LogP) is 2.70. The van der Waals surface area contributed by atoms with E-state index in [-0.39, 0.29) is 31.0 Å². The first kappa shape index (κ1) is 32.8. The number of carbonyl (C=O) groups is 1. The molecule has 1 aliphatic rings. The van der Waals surface area contributed by atoms with Crippen molar-refractivity contribution in [3.63, 3.8) is 0 Å². The molecule has 1 aromatic carbocycles. The molecular weight excluding hydrogens is 591 g/mol. The summed E-state index contributed by atoms with van der Waals surface area (Å²) >= 11 is 1.19. The van der Waals surface area contributed by atoms with Gasteiger partial charge in [-0.3, -0.25) is 14.2 Å². The Labute approximate surface area is 257 Å². The standard InChI is InChI=1S/C25H27FN6O4S.C5H10O2/c1-6-10-27-23(34)25(3,4)31-20(33)19-15(2)21(32-28-11-12-29-32)37-22(19)30(24(31)35)13-9-16-14-17(26)7-8-18(16)36-5;6-5-1-3-7-4-2-5/h6-8,11-12,14H,1,9-10,13H2,2-5H3,(H,27,34);5-6H,1-4H2. The smallest absolute Gasteiger partial charge is 0.333 e. The number of thiophene rings is 1. The lowest BCUT2D eigenvalue weighted by molar-refractivity contribution is -0.128. The molecule has 0 bridgehead atoms. The fourth-order valence-corrected chi connectivity index (χ4v) is 6.12. The molecule has 14 heteroatoms. The molecule has 1 saturated heterocycles. The summed E-state index contributed by atoms with van der Waals surface area (Å²) in [5.74, 6) is -0.463. The van der Waals surface area contributed by atoms with Crippen LogP contribution >= 0.6 is 11.3 Å². The van der Waals surface area contributed by atoms with Crippen LogP contribution in [0, 0.1) is 12.7 Å². The van der Waals surface area contributed by atoms with E-state index < -0.39 is 28.5 Å². The Bertz CT molecular complexity index is 1740. The van der Waals surface area contributed by atoms with Crippen LogP contribution in [0.5, 0.6) is 5.75 Å². The molecule has 236 valence electrons. The van der Waals surface area contributed by atoms with Crippen LogP contribution in [0.15, 0.2) is 52.8 Å². The Morgan fingerprint density at radius 3 is 2.55 bits per heavy atom. The molecule has 4 aromatic rings. The fraction of sp³-hybridized carbons (Fsp3) is 0.433. The van der Waals surface area contributed by atoms with Gasteiger partial charge in [-0.25, -0.2) is 13.8 Å². The summed E-state index contributed by atoms with van der Waals surface area (Å²) in [5.41, 5.74) is -1.62. The van der Waals surface area contributed by atoms with Crippen molar-refractivity contribution in [2.45, 2.75) is 58.2 Å². The van der Waals surface area contributed by atoms with E-state index in [0.29, 0.717) is 26.7 Å². The molecule has 0 saturated carbocycles. The lowest BCUT2D eigenvalue weighted by atomic mass is 10.0. The number of benzene rings is 1. The van der Waals surface area contributed by atoms with Gasteiger partial charge in [-0.05, 0) is 63.8 Å². The van der Waals surface area contributed by atoms with Gasteiger partial charge in [-0.1, -0.05) is 17.4 Å². The van der Waals surface area contributed by atoms with Gasteiger partial charge in [0.15, 0.2) is 0 Å². The number of aromatic nitrogens is 5. The minimum absolute atomic E-state index is 0.0891. The molecule has 12 nitrogen and oxygen atoms in total. The van der Waals surface area contributed by atoms with Gasteiger partial charge in [0.25, 0.3) is 5.56 Å². The molecule has 2 N–H and O–H groups in total. The third kappa shape index (κ3) is 6.82. The molecule has 0 unspecified atom stereocenters. The lowest BCUT2D eigenvalue weighted by Crippen LogP contribution is -2.55. The maximum Gasteiger partial charge on any atom is 0.333 e. The van der Waals surface area contributed by atoms with Crippen LogP contribution in [-0.4, -0.2) is 68.1 Å². The normalized spacial score (nSPS) is 13.8. The van der Waals surface area contributed by atoms with Crippen molar-refractivity contribution in [2.24, 2.45) is 0 Å². The van der Waals surface area contributed by atoms with Crippen LogP contribution in [0.1, 0.15) is 37.8 Å². The van der Waals surface area contributed by atoms with Crippen LogP contribution in [0.25, 0.3) is 15.2 Å². The number of carbonyl (C=O) groups excluding carboxylic acids is 1. The van der Waals surface area contributed by atoms with E-state index >= 15 is 0 Å². The number of halogens is 1. The Kier molecular flexibility index (Phi) is 10.5. The molecule has 3 aromatic heterocycles. The van der Waals surface area contributed by atoms with Crippen LogP contribution in [0.2, 0.25) is 0 Å². The molecule has 0 aliphatic carbocycles. The van der Waals surface area contributed by atoms with Gasteiger partial charge in [-0.2, -0.15) is 10.2 Å². The fourth-order valence-electron chi connectivity index (χ4n) is 4.88. The number of amides is 1. The minimum atomic E-state index is -1.51. The van der Waals surface area contributed by atoms with Gasteiger partial charge in [-0.15, -0.1) is 11.4 Å². The van der Waals surface area contributed by atoms with Crippen molar-refractivity contribution in [2.75, 3.05) is 26.9 Å². The SMILES string of the molecule is C=CCNC(=O)C(C)(C)n1c(=O)c2c(C)c(-n3nccn3)sc2n(CCc2cc(F)ccc2OC)c1=O.OC1CCOCC1. The Hall–Kier alpha value is -4.14. The van der Waals surface area contributed by atoms with Gasteiger partial charge in [0.2, 0.25) is 5.91 Å². The topological polar surface area (TPSA) is 142 Å². The number of hydrogen-bond acceptors (Lipinski definition) is 9. The van der Waals surface area contributed by atoms with Gasteiger partial charge < -0.3 is 19.9 Å². The van der Waals surface area contributed by atoms with E-state index in [0.717, 1.165) is 30.6 Å². The average Bonchev–Trinajstić information content (AvgIpc) is 3.65. The highest BCUT2D eigenvalue weighted by atomic mass is 32.1. The molecule has 0 radical (unpaired) electrons. The van der Waals surface area contributed by atoms with Crippen LogP contribution in [-0.2, 0) is 28.0 Å². The molecule has 1 aliphatic heterocycles. The van der Waals surface area contributed by atoms with Crippen molar-refractivity contribution < 1.29 is 23.8 Å². The second-order valence-corrected chi connectivity index (χ2v) is 11.7. The average molecular weight is 629 g/mol. The summed E-state index contributed by atoms with van der Waals surface area (Å²) in [6, 6.07) is 4.17. The number of aliphatic hydroxyl groups is 1. The summed E-state index contributed by atoms with van der Waals surface area (Å²) < 4.78 is 26.7. The monoisotopic (exact) mass is 628 g/mol. The van der Waals surface area contributed by atoms with Gasteiger partial charge >= 0.3 is 5.69 Å². The number of fused-ring (bicyclic) bond motifs is 1. The van der Waals surface area contributed by atoms with Gasteiger partial charge in [0.1, 0.15) is 26.9 Å². The maximum atomic E-state index is 14.0. The zero-order valence-corrected chi connectivity index (χ0v) is 26.0. The quantitative estimate of drug-likeness (QED) is 0.270. The van der Waals surface area contributed by atoms with Crippen molar-refractivity contribution in [1.82, 2.24) is 29.4 Å². The number of nitrogens with zero attached hydrogens (tertiary/aromatic N) is 5. The second kappa shape index (κ2) is 14.1. The summed E-state index contributed by atoms with van der Waals surface area (Å²) in [5, 5.41) is 20.7. The predicted molar refractivity (Wildman–Crippen MR) is 165 cm³/mol. The molecule has 5 rings (SSSR count). The first-order valence-corrected chi connectivity index (χ1v) is 15.0. The number of methoxy groups -OCH3 is 1. The summed E-state index contributed by atoms with van der Waals surface area (Å²) in [7, 11) is 1.48. The highest BCUT2D eigenvalue weighted by molar-refractivity contribution is 7.21. The number of nitrogens with one attached hydrogen (secondary N) is 1. The van der Waals surface area contributed by atoms with E-state index in [1.165, 1.54) is 78.3 Å². The number of ether oxygens (including phenoxy) is 2. The molecule has 1 amide bonds.